The molecule has 0 saturated carbocycles. The third-order valence-electron chi connectivity index (χ3n) is 4.10. The van der Waals surface area contributed by atoms with Gasteiger partial charge in [0.05, 0.1) is 23.6 Å². The molecule has 0 aliphatic carbocycles. The average Bonchev–Trinajstić information content (AvgIpc) is 2.73. The molecule has 2 amide bonds. The van der Waals surface area contributed by atoms with Gasteiger partial charge >= 0.3 is 0 Å². The van der Waals surface area contributed by atoms with Crippen molar-refractivity contribution in [3.05, 3.63) is 70.3 Å². The number of hydrogen-bond donors (Lipinski definition) is 3. The number of methoxy groups -OCH3 is 1. The lowest BCUT2D eigenvalue weighted by atomic mass is 10.2. The highest BCUT2D eigenvalue weighted by atomic mass is 16.5. The Bertz CT molecular complexity index is 1060. The molecule has 1 heterocycles. The number of H-pyrrole nitrogens is 1. The fraction of sp³-hybridized carbons (Fsp3) is 0.200. The number of amides is 2. The number of aromatic nitrogens is 2. The molecule has 0 unspecified atom stereocenters. The van der Waals surface area contributed by atoms with E-state index in [0.29, 0.717) is 41.7 Å². The summed E-state index contributed by atoms with van der Waals surface area (Å²) < 4.78 is 5.16. The number of aromatic amines is 1. The fourth-order valence-corrected chi connectivity index (χ4v) is 2.70. The van der Waals surface area contributed by atoms with Gasteiger partial charge in [0.2, 0.25) is 0 Å². The lowest BCUT2D eigenvalue weighted by molar-refractivity contribution is 0.0942. The standard InChI is InChI=1S/C20H20N4O4/c1-28-16-10-5-3-8-14(16)18(25)21-11-6-12-22-20(27)17-23-15-9-4-2-7-13(15)19(26)24-17/h2-5,7-10H,6,11-12H2,1H3,(H,21,25)(H,22,27)(H,23,24,26). The van der Waals surface area contributed by atoms with Crippen LogP contribution in [-0.4, -0.2) is 42.0 Å². The molecule has 8 nitrogen and oxygen atoms in total. The zero-order valence-corrected chi connectivity index (χ0v) is 15.3. The molecule has 28 heavy (non-hydrogen) atoms. The van der Waals surface area contributed by atoms with Crippen LogP contribution in [0.1, 0.15) is 27.4 Å². The maximum atomic E-state index is 12.2. The molecule has 3 aromatic rings. The number of para-hydroxylation sites is 2. The smallest absolute Gasteiger partial charge is 0.287 e. The fourth-order valence-electron chi connectivity index (χ4n) is 2.70. The number of hydrogen-bond acceptors (Lipinski definition) is 5. The van der Waals surface area contributed by atoms with Crippen LogP contribution in [0.4, 0.5) is 0 Å². The van der Waals surface area contributed by atoms with Crippen molar-refractivity contribution in [1.29, 1.82) is 0 Å². The zero-order valence-electron chi connectivity index (χ0n) is 15.3. The van der Waals surface area contributed by atoms with Crippen molar-refractivity contribution in [3.63, 3.8) is 0 Å². The van der Waals surface area contributed by atoms with Gasteiger partial charge in [-0.3, -0.25) is 14.4 Å². The quantitative estimate of drug-likeness (QED) is 0.538. The van der Waals surface area contributed by atoms with Crippen molar-refractivity contribution in [1.82, 2.24) is 20.6 Å². The van der Waals surface area contributed by atoms with E-state index in [1.165, 1.54) is 7.11 Å². The minimum atomic E-state index is -0.473. The maximum absolute atomic E-state index is 12.2. The Kier molecular flexibility index (Phi) is 6.01. The average molecular weight is 380 g/mol. The van der Waals surface area contributed by atoms with Crippen LogP contribution in [0.5, 0.6) is 5.75 Å². The van der Waals surface area contributed by atoms with Crippen LogP contribution >= 0.6 is 0 Å². The summed E-state index contributed by atoms with van der Waals surface area (Å²) in [5.74, 6) is -0.260. The molecule has 0 aliphatic rings. The Hall–Kier alpha value is -3.68. The monoisotopic (exact) mass is 380 g/mol. The van der Waals surface area contributed by atoms with Crippen LogP contribution in [-0.2, 0) is 0 Å². The summed E-state index contributed by atoms with van der Waals surface area (Å²) in [5, 5.41) is 5.88. The van der Waals surface area contributed by atoms with Gasteiger partial charge in [-0.2, -0.15) is 0 Å². The summed E-state index contributed by atoms with van der Waals surface area (Å²) in [5.41, 5.74) is 0.548. The molecule has 0 aliphatic heterocycles. The summed E-state index contributed by atoms with van der Waals surface area (Å²) in [6, 6.07) is 13.7. The second-order valence-corrected chi connectivity index (χ2v) is 6.00. The largest absolute Gasteiger partial charge is 0.496 e. The lowest BCUT2D eigenvalue weighted by Gasteiger charge is -2.09. The highest BCUT2D eigenvalue weighted by Crippen LogP contribution is 2.16. The Labute approximate surface area is 160 Å². The first-order valence-corrected chi connectivity index (χ1v) is 8.78. The molecule has 0 spiro atoms. The van der Waals surface area contributed by atoms with E-state index < -0.39 is 5.91 Å². The summed E-state index contributed by atoms with van der Waals surface area (Å²) in [6.07, 6.45) is 0.518. The van der Waals surface area contributed by atoms with Gasteiger partial charge in [-0.1, -0.05) is 24.3 Å². The van der Waals surface area contributed by atoms with E-state index in [2.05, 4.69) is 20.6 Å². The minimum absolute atomic E-state index is 0.0400. The summed E-state index contributed by atoms with van der Waals surface area (Å²) in [4.78, 5) is 43.0. The van der Waals surface area contributed by atoms with Gasteiger partial charge in [0.25, 0.3) is 17.4 Å². The minimum Gasteiger partial charge on any atom is -0.496 e. The third kappa shape index (κ3) is 4.35. The molecule has 0 fully saturated rings. The molecule has 2 aromatic carbocycles. The first-order valence-electron chi connectivity index (χ1n) is 8.78. The molecular weight excluding hydrogens is 360 g/mol. The van der Waals surface area contributed by atoms with E-state index in [1.807, 2.05) is 0 Å². The maximum Gasteiger partial charge on any atom is 0.287 e. The molecule has 0 saturated heterocycles. The normalized spacial score (nSPS) is 10.5. The van der Waals surface area contributed by atoms with Gasteiger partial charge in [0.15, 0.2) is 5.82 Å². The van der Waals surface area contributed by atoms with E-state index in [9.17, 15) is 14.4 Å². The molecule has 8 heteroatoms. The van der Waals surface area contributed by atoms with E-state index in [0.717, 1.165) is 0 Å². The summed E-state index contributed by atoms with van der Waals surface area (Å²) in [6.45, 7) is 0.695. The number of carbonyl (C=O) groups excluding carboxylic acids is 2. The van der Waals surface area contributed by atoms with E-state index in [-0.39, 0.29) is 17.3 Å². The number of nitrogens with one attached hydrogen (secondary N) is 3. The van der Waals surface area contributed by atoms with Crippen molar-refractivity contribution >= 4 is 22.7 Å². The SMILES string of the molecule is COc1ccccc1C(=O)NCCCNC(=O)c1nc2ccccc2c(=O)[nH]1. The van der Waals surface area contributed by atoms with Crippen molar-refractivity contribution in [2.75, 3.05) is 20.2 Å². The first-order chi connectivity index (χ1) is 13.6. The predicted octanol–water partition coefficient (Wildman–Crippen LogP) is 1.48. The highest BCUT2D eigenvalue weighted by Gasteiger charge is 2.12. The van der Waals surface area contributed by atoms with E-state index >= 15 is 0 Å². The second kappa shape index (κ2) is 8.81. The molecule has 144 valence electrons. The van der Waals surface area contributed by atoms with Crippen LogP contribution < -0.4 is 20.9 Å². The van der Waals surface area contributed by atoms with Crippen molar-refractivity contribution in [2.24, 2.45) is 0 Å². The highest BCUT2D eigenvalue weighted by molar-refractivity contribution is 5.97. The number of nitrogens with zero attached hydrogens (tertiary/aromatic N) is 1. The van der Waals surface area contributed by atoms with Gasteiger partial charge in [0, 0.05) is 13.1 Å². The Morgan fingerprint density at radius 3 is 2.46 bits per heavy atom. The molecular formula is C20H20N4O4. The Balaban J connectivity index is 1.50. The molecule has 1 aromatic heterocycles. The van der Waals surface area contributed by atoms with Crippen LogP contribution in [0.15, 0.2) is 53.3 Å². The van der Waals surface area contributed by atoms with Crippen LogP contribution in [0.25, 0.3) is 10.9 Å². The summed E-state index contributed by atoms with van der Waals surface area (Å²) in [7, 11) is 1.51. The van der Waals surface area contributed by atoms with E-state index in [4.69, 9.17) is 4.74 Å². The van der Waals surface area contributed by atoms with Gasteiger partial charge < -0.3 is 20.4 Å². The first kappa shape index (κ1) is 19.1. The Morgan fingerprint density at radius 2 is 1.68 bits per heavy atom. The number of ether oxygens (including phenoxy) is 1. The lowest BCUT2D eigenvalue weighted by Crippen LogP contribution is -2.31. The van der Waals surface area contributed by atoms with Crippen LogP contribution in [0, 0.1) is 0 Å². The molecule has 0 radical (unpaired) electrons. The zero-order chi connectivity index (χ0) is 19.9. The summed E-state index contributed by atoms with van der Waals surface area (Å²) >= 11 is 0. The third-order valence-corrected chi connectivity index (χ3v) is 4.10. The molecule has 3 rings (SSSR count). The predicted molar refractivity (Wildman–Crippen MR) is 105 cm³/mol. The topological polar surface area (TPSA) is 113 Å². The van der Waals surface area contributed by atoms with Gasteiger partial charge in [0.1, 0.15) is 5.75 Å². The number of fused-ring (bicyclic) bond motifs is 1. The number of rotatable bonds is 7. The number of benzene rings is 2. The molecule has 3 N–H and O–H groups in total. The van der Waals surface area contributed by atoms with Gasteiger partial charge in [-0.15, -0.1) is 0 Å². The van der Waals surface area contributed by atoms with E-state index in [1.54, 1.807) is 48.5 Å². The van der Waals surface area contributed by atoms with Crippen LogP contribution in [0.2, 0.25) is 0 Å². The van der Waals surface area contributed by atoms with Gasteiger partial charge in [-0.05, 0) is 30.7 Å². The van der Waals surface area contributed by atoms with Crippen molar-refractivity contribution < 1.29 is 14.3 Å². The molecule has 0 bridgehead atoms. The molecule has 0 atom stereocenters. The van der Waals surface area contributed by atoms with Crippen molar-refractivity contribution in [3.8, 4) is 5.75 Å². The number of carbonyl (C=O) groups is 2. The second-order valence-electron chi connectivity index (χ2n) is 6.00. The van der Waals surface area contributed by atoms with Gasteiger partial charge in [-0.25, -0.2) is 4.98 Å². The van der Waals surface area contributed by atoms with Crippen molar-refractivity contribution in [2.45, 2.75) is 6.42 Å². The Morgan fingerprint density at radius 1 is 1.00 bits per heavy atom. The van der Waals surface area contributed by atoms with Crippen LogP contribution in [0.3, 0.4) is 0 Å².